The van der Waals surface area contributed by atoms with Crippen molar-refractivity contribution in [3.05, 3.63) is 17.1 Å². The van der Waals surface area contributed by atoms with Gasteiger partial charge in [0, 0.05) is 13.1 Å². The Morgan fingerprint density at radius 2 is 2.21 bits per heavy atom. The lowest BCUT2D eigenvalue weighted by molar-refractivity contribution is 0.123. The second kappa shape index (κ2) is 5.32. The number of nitrogens with zero attached hydrogens (tertiary/aromatic N) is 2. The van der Waals surface area contributed by atoms with E-state index < -0.39 is 0 Å². The third kappa shape index (κ3) is 2.27. The number of benzene rings is 1. The molecule has 1 fully saturated rings. The molecule has 6 heteroatoms. The average molecular weight is 280 g/mol. The second-order valence-electron chi connectivity index (χ2n) is 4.33. The Kier molecular flexibility index (Phi) is 3.54. The summed E-state index contributed by atoms with van der Waals surface area (Å²) in [4.78, 5) is 6.74. The molecule has 0 atom stereocenters. The summed E-state index contributed by atoms with van der Waals surface area (Å²) in [6.45, 7) is 3.23. The van der Waals surface area contributed by atoms with Crippen LogP contribution in [0, 0.1) is 0 Å². The van der Waals surface area contributed by atoms with Gasteiger partial charge in [0.1, 0.15) is 16.3 Å². The molecule has 1 aliphatic heterocycles. The number of ether oxygens (including phenoxy) is 2. The molecule has 0 saturated carbocycles. The largest absolute Gasteiger partial charge is 0.494 e. The first-order chi connectivity index (χ1) is 9.33. The van der Waals surface area contributed by atoms with Gasteiger partial charge in [-0.25, -0.2) is 4.98 Å². The van der Waals surface area contributed by atoms with E-state index in [-0.39, 0.29) is 6.61 Å². The van der Waals surface area contributed by atoms with Gasteiger partial charge in [0.2, 0.25) is 0 Å². The van der Waals surface area contributed by atoms with Crippen LogP contribution >= 0.6 is 11.3 Å². The summed E-state index contributed by atoms with van der Waals surface area (Å²) in [5, 5.41) is 9.99. The van der Waals surface area contributed by atoms with Gasteiger partial charge in [-0.3, -0.25) is 0 Å². The summed E-state index contributed by atoms with van der Waals surface area (Å²) in [5.41, 5.74) is 1.98. The van der Waals surface area contributed by atoms with E-state index in [0.29, 0.717) is 5.01 Å². The molecule has 1 aromatic carbocycles. The summed E-state index contributed by atoms with van der Waals surface area (Å²) in [7, 11) is 1.64. The lowest BCUT2D eigenvalue weighted by Crippen LogP contribution is -2.36. The van der Waals surface area contributed by atoms with Gasteiger partial charge in [-0.1, -0.05) is 0 Å². The fraction of sp³-hybridized carbons (Fsp3) is 0.462. The van der Waals surface area contributed by atoms with Crippen LogP contribution in [0.3, 0.4) is 0 Å². The highest BCUT2D eigenvalue weighted by Gasteiger charge is 2.18. The number of aliphatic hydroxyl groups excluding tert-OH is 1. The van der Waals surface area contributed by atoms with Gasteiger partial charge in [0.25, 0.3) is 0 Å². The summed E-state index contributed by atoms with van der Waals surface area (Å²) in [6.07, 6.45) is 0. The molecule has 1 aliphatic rings. The van der Waals surface area contributed by atoms with Crippen molar-refractivity contribution in [2.75, 3.05) is 38.3 Å². The average Bonchev–Trinajstić information content (AvgIpc) is 2.91. The highest BCUT2D eigenvalue weighted by molar-refractivity contribution is 7.19. The van der Waals surface area contributed by atoms with E-state index in [9.17, 15) is 5.11 Å². The monoisotopic (exact) mass is 280 g/mol. The van der Waals surface area contributed by atoms with Crippen molar-refractivity contribution in [2.24, 2.45) is 0 Å². The molecule has 102 valence electrons. The molecular formula is C13H16N2O3S. The Morgan fingerprint density at radius 1 is 1.42 bits per heavy atom. The van der Waals surface area contributed by atoms with Crippen molar-refractivity contribution in [3.63, 3.8) is 0 Å². The number of rotatable bonds is 3. The number of methoxy groups -OCH3 is 1. The zero-order chi connectivity index (χ0) is 13.2. The van der Waals surface area contributed by atoms with Gasteiger partial charge in [-0.15, -0.1) is 11.3 Å². The van der Waals surface area contributed by atoms with Crippen LogP contribution in [0.1, 0.15) is 5.01 Å². The Balaban J connectivity index is 2.11. The molecule has 1 aromatic heterocycles. The number of aliphatic hydroxyl groups is 1. The van der Waals surface area contributed by atoms with E-state index in [1.807, 2.05) is 6.07 Å². The maximum absolute atomic E-state index is 9.28. The van der Waals surface area contributed by atoms with Crippen LogP contribution in [0.25, 0.3) is 10.2 Å². The smallest absolute Gasteiger partial charge is 0.146 e. The fourth-order valence-electron chi connectivity index (χ4n) is 2.30. The van der Waals surface area contributed by atoms with E-state index in [1.165, 1.54) is 11.3 Å². The molecule has 0 amide bonds. The molecule has 1 N–H and O–H groups in total. The van der Waals surface area contributed by atoms with Crippen molar-refractivity contribution >= 4 is 27.2 Å². The molecule has 0 spiro atoms. The number of fused-ring (bicyclic) bond motifs is 1. The Hall–Kier alpha value is -1.37. The maximum Gasteiger partial charge on any atom is 0.146 e. The van der Waals surface area contributed by atoms with E-state index in [1.54, 1.807) is 7.11 Å². The molecule has 5 nitrogen and oxygen atoms in total. The van der Waals surface area contributed by atoms with E-state index >= 15 is 0 Å². The van der Waals surface area contributed by atoms with Crippen LogP contribution in [-0.2, 0) is 11.3 Å². The van der Waals surface area contributed by atoms with E-state index in [0.717, 1.165) is 48.0 Å². The Bertz CT molecular complexity index is 579. The normalized spacial score (nSPS) is 16.0. The van der Waals surface area contributed by atoms with Gasteiger partial charge < -0.3 is 19.5 Å². The predicted octanol–water partition coefficient (Wildman–Crippen LogP) is 1.63. The van der Waals surface area contributed by atoms with Crippen molar-refractivity contribution < 1.29 is 14.6 Å². The summed E-state index contributed by atoms with van der Waals surface area (Å²) >= 11 is 1.52. The standard InChI is InChI=1S/C13H16N2O3S/c1-17-10-3-2-9(15-4-6-18-7-5-15)13-12(10)14-11(8-16)19-13/h2-3,16H,4-8H2,1H3. The third-order valence-electron chi connectivity index (χ3n) is 3.24. The number of thiazole rings is 1. The lowest BCUT2D eigenvalue weighted by Gasteiger charge is -2.29. The van der Waals surface area contributed by atoms with Crippen molar-refractivity contribution in [3.8, 4) is 5.75 Å². The van der Waals surface area contributed by atoms with Crippen molar-refractivity contribution in [2.45, 2.75) is 6.61 Å². The number of aromatic nitrogens is 1. The molecule has 1 saturated heterocycles. The fourth-order valence-corrected chi connectivity index (χ4v) is 3.28. The first-order valence-electron chi connectivity index (χ1n) is 6.23. The lowest BCUT2D eigenvalue weighted by atomic mass is 10.2. The zero-order valence-electron chi connectivity index (χ0n) is 10.8. The van der Waals surface area contributed by atoms with Crippen LogP contribution in [0.2, 0.25) is 0 Å². The molecule has 0 unspecified atom stereocenters. The number of hydrogen-bond donors (Lipinski definition) is 1. The van der Waals surface area contributed by atoms with Gasteiger partial charge in [0.15, 0.2) is 0 Å². The van der Waals surface area contributed by atoms with Crippen molar-refractivity contribution in [1.29, 1.82) is 0 Å². The molecular weight excluding hydrogens is 264 g/mol. The first kappa shape index (κ1) is 12.7. The zero-order valence-corrected chi connectivity index (χ0v) is 11.6. The quantitative estimate of drug-likeness (QED) is 0.926. The van der Waals surface area contributed by atoms with E-state index in [4.69, 9.17) is 9.47 Å². The summed E-state index contributed by atoms with van der Waals surface area (Å²) < 4.78 is 11.8. The Labute approximate surface area is 115 Å². The van der Waals surface area contributed by atoms with E-state index in [2.05, 4.69) is 16.0 Å². The number of anilines is 1. The minimum Gasteiger partial charge on any atom is -0.494 e. The molecule has 19 heavy (non-hydrogen) atoms. The highest BCUT2D eigenvalue weighted by Crippen LogP contribution is 2.37. The highest BCUT2D eigenvalue weighted by atomic mass is 32.1. The molecule has 0 radical (unpaired) electrons. The van der Waals surface area contributed by atoms with Crippen molar-refractivity contribution in [1.82, 2.24) is 4.98 Å². The van der Waals surface area contributed by atoms with Crippen LogP contribution in [0.5, 0.6) is 5.75 Å². The maximum atomic E-state index is 9.28. The Morgan fingerprint density at radius 3 is 2.89 bits per heavy atom. The molecule has 2 aromatic rings. The van der Waals surface area contributed by atoms with Crippen LogP contribution in [-0.4, -0.2) is 43.5 Å². The molecule has 0 bridgehead atoms. The SMILES string of the molecule is COc1ccc(N2CCOCC2)c2sc(CO)nc12. The van der Waals surface area contributed by atoms with Crippen LogP contribution in [0.4, 0.5) is 5.69 Å². The van der Waals surface area contributed by atoms with Crippen LogP contribution < -0.4 is 9.64 Å². The summed E-state index contributed by atoms with van der Waals surface area (Å²) in [6, 6.07) is 4.00. The molecule has 2 heterocycles. The molecule has 3 rings (SSSR count). The van der Waals surface area contributed by atoms with Gasteiger partial charge in [-0.2, -0.15) is 0 Å². The van der Waals surface area contributed by atoms with Crippen LogP contribution in [0.15, 0.2) is 12.1 Å². The topological polar surface area (TPSA) is 54.8 Å². The van der Waals surface area contributed by atoms with Gasteiger partial charge in [-0.05, 0) is 12.1 Å². The number of morpholine rings is 1. The minimum absolute atomic E-state index is 0.0367. The molecule has 0 aliphatic carbocycles. The first-order valence-corrected chi connectivity index (χ1v) is 7.05. The second-order valence-corrected chi connectivity index (χ2v) is 5.41. The summed E-state index contributed by atoms with van der Waals surface area (Å²) in [5.74, 6) is 0.753. The number of hydrogen-bond acceptors (Lipinski definition) is 6. The van der Waals surface area contributed by atoms with Gasteiger partial charge in [0.05, 0.1) is 37.3 Å². The third-order valence-corrected chi connectivity index (χ3v) is 4.30. The van der Waals surface area contributed by atoms with Gasteiger partial charge >= 0.3 is 0 Å². The minimum atomic E-state index is -0.0367. The predicted molar refractivity (Wildman–Crippen MR) is 75.1 cm³/mol.